The summed E-state index contributed by atoms with van der Waals surface area (Å²) >= 11 is 1.70. The zero-order chi connectivity index (χ0) is 23.6. The third kappa shape index (κ3) is 3.44. The molecule has 4 aromatic rings. The Labute approximate surface area is 199 Å². The minimum Gasteiger partial charge on any atom is -0.454 e. The summed E-state index contributed by atoms with van der Waals surface area (Å²) in [5.41, 5.74) is 2.25. The van der Waals surface area contributed by atoms with Crippen LogP contribution in [0, 0.1) is 11.3 Å². The molecule has 1 N–H and O–H groups in total. The summed E-state index contributed by atoms with van der Waals surface area (Å²) < 4.78 is 13.3. The van der Waals surface area contributed by atoms with Crippen LogP contribution in [0.15, 0.2) is 29.3 Å². The van der Waals surface area contributed by atoms with Crippen LogP contribution in [0.3, 0.4) is 0 Å². The SMILES string of the molecule is CC(C)(C)[C@H]1CCc2c(sc3ncn4c(=O)n(CC(=O)Nc5ccc6c(c5)OCO6)nc4c23)C1. The Balaban J connectivity index is 1.31. The molecule has 1 aliphatic heterocycles. The number of carbonyl (C=O) groups excluding carboxylic acids is 1. The molecule has 1 aromatic carbocycles. The van der Waals surface area contributed by atoms with E-state index in [4.69, 9.17) is 9.47 Å². The average Bonchev–Trinajstić information content (AvgIpc) is 3.48. The lowest BCUT2D eigenvalue weighted by Gasteiger charge is -2.33. The van der Waals surface area contributed by atoms with Gasteiger partial charge in [-0.1, -0.05) is 20.8 Å². The molecule has 1 amide bonds. The molecule has 0 radical (unpaired) electrons. The van der Waals surface area contributed by atoms with Gasteiger partial charge in [-0.2, -0.15) is 0 Å². The van der Waals surface area contributed by atoms with Gasteiger partial charge in [0.15, 0.2) is 17.1 Å². The standard InChI is InChI=1S/C24H25N5O4S/c1-24(2,3)13-4-6-15-18(8-13)34-22-20(15)21-27-29(23(31)28(21)11-25-22)10-19(30)26-14-5-7-16-17(9-14)33-12-32-16/h5,7,9,11,13H,4,6,8,10,12H2,1-3H3,(H,26,30)/t13-/m0/s1. The molecule has 0 spiro atoms. The Kier molecular flexibility index (Phi) is 4.70. The fraction of sp³-hybridized carbons (Fsp3) is 0.417. The van der Waals surface area contributed by atoms with Gasteiger partial charge in [0, 0.05) is 16.6 Å². The number of aryl methyl sites for hydroxylation is 1. The normalized spacial score (nSPS) is 17.3. The molecule has 0 saturated carbocycles. The van der Waals surface area contributed by atoms with Crippen LogP contribution in [0.2, 0.25) is 0 Å². The molecule has 9 nitrogen and oxygen atoms in total. The molecule has 1 aliphatic carbocycles. The Bertz CT molecular complexity index is 1510. The van der Waals surface area contributed by atoms with E-state index >= 15 is 0 Å². The quantitative estimate of drug-likeness (QED) is 0.482. The zero-order valence-corrected chi connectivity index (χ0v) is 20.1. The van der Waals surface area contributed by atoms with Crippen molar-refractivity contribution in [1.29, 1.82) is 0 Å². The molecule has 0 saturated heterocycles. The second kappa shape index (κ2) is 7.56. The minimum absolute atomic E-state index is 0.162. The van der Waals surface area contributed by atoms with Crippen LogP contribution in [-0.2, 0) is 24.2 Å². The van der Waals surface area contributed by atoms with Crippen molar-refractivity contribution in [1.82, 2.24) is 19.2 Å². The van der Waals surface area contributed by atoms with E-state index in [1.54, 1.807) is 29.5 Å². The van der Waals surface area contributed by atoms with Gasteiger partial charge < -0.3 is 14.8 Å². The fourth-order valence-electron chi connectivity index (χ4n) is 4.85. The Morgan fingerprint density at radius 3 is 2.91 bits per heavy atom. The number of anilines is 1. The predicted octanol–water partition coefficient (Wildman–Crippen LogP) is 3.62. The van der Waals surface area contributed by atoms with Crippen molar-refractivity contribution < 1.29 is 14.3 Å². The van der Waals surface area contributed by atoms with Gasteiger partial charge in [-0.15, -0.1) is 16.4 Å². The van der Waals surface area contributed by atoms with E-state index in [1.165, 1.54) is 25.9 Å². The molecule has 0 fully saturated rings. The first-order chi connectivity index (χ1) is 16.3. The van der Waals surface area contributed by atoms with Crippen molar-refractivity contribution in [2.45, 2.75) is 46.6 Å². The summed E-state index contributed by atoms with van der Waals surface area (Å²) in [5.74, 6) is 1.48. The van der Waals surface area contributed by atoms with E-state index in [0.29, 0.717) is 28.8 Å². The van der Waals surface area contributed by atoms with Gasteiger partial charge in [0.05, 0.1) is 5.39 Å². The number of rotatable bonds is 3. The number of hydrogen-bond acceptors (Lipinski definition) is 7. The number of nitrogens with zero attached hydrogens (tertiary/aromatic N) is 4. The number of carbonyl (C=O) groups is 1. The van der Waals surface area contributed by atoms with Gasteiger partial charge in [0.1, 0.15) is 17.7 Å². The molecule has 4 heterocycles. The molecule has 6 rings (SSSR count). The number of fused-ring (bicyclic) bond motifs is 6. The van der Waals surface area contributed by atoms with Gasteiger partial charge in [0.2, 0.25) is 12.7 Å². The summed E-state index contributed by atoms with van der Waals surface area (Å²) in [4.78, 5) is 32.5. The van der Waals surface area contributed by atoms with E-state index in [2.05, 4.69) is 36.2 Å². The Hall–Kier alpha value is -3.40. The molecule has 2 aliphatic rings. The van der Waals surface area contributed by atoms with Crippen molar-refractivity contribution in [2.75, 3.05) is 12.1 Å². The first-order valence-electron chi connectivity index (χ1n) is 11.4. The Morgan fingerprint density at radius 1 is 1.26 bits per heavy atom. The highest BCUT2D eigenvalue weighted by atomic mass is 32.1. The van der Waals surface area contributed by atoms with Gasteiger partial charge in [-0.05, 0) is 48.3 Å². The van der Waals surface area contributed by atoms with E-state index in [-0.39, 0.29) is 30.3 Å². The van der Waals surface area contributed by atoms with Crippen LogP contribution in [0.4, 0.5) is 5.69 Å². The molecule has 3 aromatic heterocycles. The van der Waals surface area contributed by atoms with Crippen molar-refractivity contribution in [2.24, 2.45) is 11.3 Å². The van der Waals surface area contributed by atoms with E-state index < -0.39 is 0 Å². The zero-order valence-electron chi connectivity index (χ0n) is 19.3. The minimum atomic E-state index is -0.381. The molecule has 34 heavy (non-hydrogen) atoms. The molecule has 176 valence electrons. The second-order valence-corrected chi connectivity index (χ2v) is 11.1. The summed E-state index contributed by atoms with van der Waals surface area (Å²) in [6.45, 7) is 6.84. The highest BCUT2D eigenvalue weighted by Crippen LogP contribution is 2.43. The largest absolute Gasteiger partial charge is 0.454 e. The maximum atomic E-state index is 13.0. The summed E-state index contributed by atoms with van der Waals surface area (Å²) in [5, 5.41) is 8.30. The van der Waals surface area contributed by atoms with E-state index in [1.807, 2.05) is 0 Å². The van der Waals surface area contributed by atoms with Crippen LogP contribution in [0.25, 0.3) is 15.9 Å². The first-order valence-corrected chi connectivity index (χ1v) is 12.2. The average molecular weight is 480 g/mol. The number of benzene rings is 1. The molecular formula is C24H25N5O4S. The van der Waals surface area contributed by atoms with Crippen LogP contribution in [-0.4, -0.2) is 31.9 Å². The number of hydrogen-bond donors (Lipinski definition) is 1. The summed E-state index contributed by atoms with van der Waals surface area (Å²) in [6, 6.07) is 5.16. The van der Waals surface area contributed by atoms with Crippen molar-refractivity contribution in [3.63, 3.8) is 0 Å². The monoisotopic (exact) mass is 479 g/mol. The van der Waals surface area contributed by atoms with Crippen LogP contribution < -0.4 is 20.5 Å². The summed E-state index contributed by atoms with van der Waals surface area (Å²) in [6.07, 6.45) is 4.59. The highest BCUT2D eigenvalue weighted by Gasteiger charge is 2.32. The molecule has 1 atom stereocenters. The van der Waals surface area contributed by atoms with Gasteiger partial charge in [-0.25, -0.2) is 18.9 Å². The first kappa shape index (κ1) is 21.2. The van der Waals surface area contributed by atoms with Crippen LogP contribution in [0.5, 0.6) is 11.5 Å². The van der Waals surface area contributed by atoms with E-state index in [9.17, 15) is 9.59 Å². The van der Waals surface area contributed by atoms with Gasteiger partial charge in [0.25, 0.3) is 0 Å². The number of ether oxygens (including phenoxy) is 2. The lowest BCUT2D eigenvalue weighted by Crippen LogP contribution is -2.28. The topological polar surface area (TPSA) is 99.8 Å². The van der Waals surface area contributed by atoms with Crippen molar-refractivity contribution in [3.05, 3.63) is 45.5 Å². The summed E-state index contributed by atoms with van der Waals surface area (Å²) in [7, 11) is 0. The lowest BCUT2D eigenvalue weighted by atomic mass is 9.72. The molecule has 10 heteroatoms. The highest BCUT2D eigenvalue weighted by molar-refractivity contribution is 7.19. The molecule has 0 bridgehead atoms. The maximum absolute atomic E-state index is 13.0. The number of nitrogens with one attached hydrogen (secondary N) is 1. The molecular weight excluding hydrogens is 454 g/mol. The Morgan fingerprint density at radius 2 is 2.09 bits per heavy atom. The fourth-order valence-corrected chi connectivity index (χ4v) is 6.11. The number of thiophene rings is 1. The third-order valence-corrected chi connectivity index (χ3v) is 7.97. The van der Waals surface area contributed by atoms with Crippen LogP contribution in [0.1, 0.15) is 37.6 Å². The molecule has 0 unspecified atom stereocenters. The predicted molar refractivity (Wildman–Crippen MR) is 129 cm³/mol. The van der Waals surface area contributed by atoms with E-state index in [0.717, 1.165) is 29.5 Å². The third-order valence-electron chi connectivity index (χ3n) is 6.81. The van der Waals surface area contributed by atoms with Crippen molar-refractivity contribution >= 4 is 38.8 Å². The van der Waals surface area contributed by atoms with Gasteiger partial charge >= 0.3 is 5.69 Å². The number of aromatic nitrogens is 4. The smallest absolute Gasteiger partial charge is 0.352 e. The van der Waals surface area contributed by atoms with Crippen LogP contribution >= 0.6 is 11.3 Å². The maximum Gasteiger partial charge on any atom is 0.352 e. The lowest BCUT2D eigenvalue weighted by molar-refractivity contribution is -0.117. The van der Waals surface area contributed by atoms with Gasteiger partial charge in [-0.3, -0.25) is 4.79 Å². The van der Waals surface area contributed by atoms with Crippen molar-refractivity contribution in [3.8, 4) is 11.5 Å². The second-order valence-electron chi connectivity index (χ2n) is 9.98. The number of amides is 1.